The SMILES string of the molecule is O=C1CCCCC(=O)N1Cc1cc(Cl)ccn1. The van der Waals surface area contributed by atoms with E-state index in [4.69, 9.17) is 11.6 Å². The number of halogens is 1. The van der Waals surface area contributed by atoms with Gasteiger partial charge in [0, 0.05) is 24.1 Å². The highest BCUT2D eigenvalue weighted by Crippen LogP contribution is 2.16. The van der Waals surface area contributed by atoms with Crippen molar-refractivity contribution in [3.63, 3.8) is 0 Å². The molecule has 90 valence electrons. The van der Waals surface area contributed by atoms with E-state index >= 15 is 0 Å². The third-order valence-electron chi connectivity index (χ3n) is 2.73. The number of hydrogen-bond donors (Lipinski definition) is 0. The van der Waals surface area contributed by atoms with Gasteiger partial charge >= 0.3 is 0 Å². The van der Waals surface area contributed by atoms with Crippen LogP contribution in [0.1, 0.15) is 31.4 Å². The Morgan fingerprint density at radius 2 is 1.88 bits per heavy atom. The van der Waals surface area contributed by atoms with E-state index in [1.54, 1.807) is 18.3 Å². The van der Waals surface area contributed by atoms with Gasteiger partial charge in [0.15, 0.2) is 0 Å². The molecule has 0 spiro atoms. The Bertz CT molecular complexity index is 430. The number of carbonyl (C=O) groups is 2. The van der Waals surface area contributed by atoms with E-state index in [0.717, 1.165) is 12.8 Å². The lowest BCUT2D eigenvalue weighted by Gasteiger charge is -2.18. The van der Waals surface area contributed by atoms with Crippen LogP contribution in [0.3, 0.4) is 0 Å². The highest BCUT2D eigenvalue weighted by atomic mass is 35.5. The number of likely N-dealkylation sites (tertiary alicyclic amines) is 1. The summed E-state index contributed by atoms with van der Waals surface area (Å²) in [6.07, 6.45) is 4.01. The van der Waals surface area contributed by atoms with Crippen LogP contribution in [0.4, 0.5) is 0 Å². The highest BCUT2D eigenvalue weighted by molar-refractivity contribution is 6.30. The lowest BCUT2D eigenvalue weighted by molar-refractivity contribution is -0.144. The van der Waals surface area contributed by atoms with Crippen molar-refractivity contribution in [2.24, 2.45) is 0 Å². The summed E-state index contributed by atoms with van der Waals surface area (Å²) in [5.41, 5.74) is 0.640. The van der Waals surface area contributed by atoms with Gasteiger partial charge in [-0.25, -0.2) is 0 Å². The Morgan fingerprint density at radius 1 is 1.24 bits per heavy atom. The monoisotopic (exact) mass is 252 g/mol. The van der Waals surface area contributed by atoms with Crippen molar-refractivity contribution < 1.29 is 9.59 Å². The van der Waals surface area contributed by atoms with Crippen molar-refractivity contribution in [2.45, 2.75) is 32.2 Å². The first-order chi connectivity index (χ1) is 8.16. The molecule has 4 nitrogen and oxygen atoms in total. The molecule has 17 heavy (non-hydrogen) atoms. The van der Waals surface area contributed by atoms with Gasteiger partial charge in [0.25, 0.3) is 0 Å². The van der Waals surface area contributed by atoms with E-state index in [1.807, 2.05) is 0 Å². The number of aromatic nitrogens is 1. The summed E-state index contributed by atoms with van der Waals surface area (Å²) in [6, 6.07) is 3.34. The van der Waals surface area contributed by atoms with E-state index in [9.17, 15) is 9.59 Å². The Hall–Kier alpha value is -1.42. The van der Waals surface area contributed by atoms with E-state index in [0.29, 0.717) is 23.6 Å². The number of imide groups is 1. The van der Waals surface area contributed by atoms with Gasteiger partial charge in [-0.2, -0.15) is 0 Å². The summed E-state index contributed by atoms with van der Waals surface area (Å²) >= 11 is 5.84. The van der Waals surface area contributed by atoms with E-state index < -0.39 is 0 Å². The fourth-order valence-corrected chi connectivity index (χ4v) is 2.02. The molecule has 0 radical (unpaired) electrons. The molecule has 1 fully saturated rings. The average Bonchev–Trinajstić information content (AvgIpc) is 2.44. The molecule has 0 aromatic carbocycles. The van der Waals surface area contributed by atoms with E-state index in [-0.39, 0.29) is 18.4 Å². The van der Waals surface area contributed by atoms with Gasteiger partial charge in [0.1, 0.15) is 0 Å². The summed E-state index contributed by atoms with van der Waals surface area (Å²) in [7, 11) is 0. The third-order valence-corrected chi connectivity index (χ3v) is 2.97. The summed E-state index contributed by atoms with van der Waals surface area (Å²) in [5, 5.41) is 0.560. The molecule has 1 saturated heterocycles. The van der Waals surface area contributed by atoms with Gasteiger partial charge in [0.2, 0.25) is 11.8 Å². The van der Waals surface area contributed by atoms with Crippen LogP contribution < -0.4 is 0 Å². The number of carbonyl (C=O) groups excluding carboxylic acids is 2. The van der Waals surface area contributed by atoms with Gasteiger partial charge in [-0.3, -0.25) is 19.5 Å². The zero-order valence-electron chi connectivity index (χ0n) is 9.36. The number of hydrogen-bond acceptors (Lipinski definition) is 3. The molecular weight excluding hydrogens is 240 g/mol. The summed E-state index contributed by atoms with van der Waals surface area (Å²) in [6.45, 7) is 0.220. The van der Waals surface area contributed by atoms with Gasteiger partial charge in [0.05, 0.1) is 12.2 Å². The molecule has 0 saturated carbocycles. The number of rotatable bonds is 2. The predicted octanol–water partition coefficient (Wildman–Crippen LogP) is 2.16. The van der Waals surface area contributed by atoms with E-state index in [2.05, 4.69) is 4.98 Å². The van der Waals surface area contributed by atoms with Gasteiger partial charge in [-0.1, -0.05) is 11.6 Å². The van der Waals surface area contributed by atoms with Crippen LogP contribution in [0.15, 0.2) is 18.3 Å². The Labute approximate surface area is 105 Å². The van der Waals surface area contributed by atoms with Gasteiger partial charge in [-0.05, 0) is 25.0 Å². The summed E-state index contributed by atoms with van der Waals surface area (Å²) in [5.74, 6) is -0.233. The third kappa shape index (κ3) is 3.03. The minimum absolute atomic E-state index is 0.116. The molecule has 0 unspecified atom stereocenters. The van der Waals surface area contributed by atoms with Crippen LogP contribution >= 0.6 is 11.6 Å². The van der Waals surface area contributed by atoms with Crippen molar-refractivity contribution in [3.8, 4) is 0 Å². The molecule has 0 N–H and O–H groups in total. The maximum Gasteiger partial charge on any atom is 0.229 e. The topological polar surface area (TPSA) is 50.3 Å². The first-order valence-electron chi connectivity index (χ1n) is 5.60. The van der Waals surface area contributed by atoms with Crippen LogP contribution in [0, 0.1) is 0 Å². The minimum atomic E-state index is -0.116. The van der Waals surface area contributed by atoms with E-state index in [1.165, 1.54) is 4.90 Å². The van der Waals surface area contributed by atoms with Gasteiger partial charge in [-0.15, -0.1) is 0 Å². The molecule has 0 aliphatic carbocycles. The second kappa shape index (κ2) is 5.27. The molecule has 0 atom stereocenters. The molecule has 5 heteroatoms. The lowest BCUT2D eigenvalue weighted by atomic mass is 10.2. The average molecular weight is 253 g/mol. The van der Waals surface area contributed by atoms with Crippen molar-refractivity contribution >= 4 is 23.4 Å². The number of amides is 2. The summed E-state index contributed by atoms with van der Waals surface area (Å²) < 4.78 is 0. The molecule has 1 aliphatic rings. The molecule has 2 heterocycles. The van der Waals surface area contributed by atoms with Crippen LogP contribution in [-0.2, 0) is 16.1 Å². The first kappa shape index (κ1) is 12.0. The fourth-order valence-electron chi connectivity index (χ4n) is 1.84. The molecule has 0 bridgehead atoms. The van der Waals surface area contributed by atoms with Crippen molar-refractivity contribution in [3.05, 3.63) is 29.0 Å². The first-order valence-corrected chi connectivity index (χ1v) is 5.98. The molecule has 2 amide bonds. The summed E-state index contributed by atoms with van der Waals surface area (Å²) in [4.78, 5) is 28.9. The van der Waals surface area contributed by atoms with Crippen LogP contribution in [0.2, 0.25) is 5.02 Å². The second-order valence-corrected chi connectivity index (χ2v) is 4.48. The molecule has 1 aromatic rings. The normalized spacial score (nSPS) is 17.1. The van der Waals surface area contributed by atoms with Crippen molar-refractivity contribution in [1.82, 2.24) is 9.88 Å². The molecule has 1 aromatic heterocycles. The standard InChI is InChI=1S/C12H13ClN2O2/c13-9-5-6-14-10(7-9)8-15-11(16)3-1-2-4-12(15)17/h5-7H,1-4,8H2. The maximum atomic E-state index is 11.8. The Morgan fingerprint density at radius 3 is 2.47 bits per heavy atom. The van der Waals surface area contributed by atoms with Crippen LogP contribution in [-0.4, -0.2) is 21.7 Å². The fraction of sp³-hybridized carbons (Fsp3) is 0.417. The highest BCUT2D eigenvalue weighted by Gasteiger charge is 2.24. The quantitative estimate of drug-likeness (QED) is 0.758. The van der Waals surface area contributed by atoms with Crippen LogP contribution in [0.5, 0.6) is 0 Å². The Balaban J connectivity index is 2.15. The zero-order chi connectivity index (χ0) is 12.3. The lowest BCUT2D eigenvalue weighted by Crippen LogP contribution is -2.34. The number of nitrogens with zero attached hydrogens (tertiary/aromatic N) is 2. The maximum absolute atomic E-state index is 11.8. The molecule has 2 rings (SSSR count). The van der Waals surface area contributed by atoms with Gasteiger partial charge < -0.3 is 0 Å². The van der Waals surface area contributed by atoms with Crippen molar-refractivity contribution in [2.75, 3.05) is 0 Å². The smallest absolute Gasteiger partial charge is 0.229 e. The minimum Gasteiger partial charge on any atom is -0.277 e. The molecule has 1 aliphatic heterocycles. The second-order valence-electron chi connectivity index (χ2n) is 4.05. The largest absolute Gasteiger partial charge is 0.277 e. The van der Waals surface area contributed by atoms with Crippen molar-refractivity contribution in [1.29, 1.82) is 0 Å². The Kier molecular flexibility index (Phi) is 3.74. The van der Waals surface area contributed by atoms with Crippen LogP contribution in [0.25, 0.3) is 0 Å². The number of pyridine rings is 1. The predicted molar refractivity (Wildman–Crippen MR) is 63.3 cm³/mol. The zero-order valence-corrected chi connectivity index (χ0v) is 10.1. The molecular formula is C12H13ClN2O2.